The molecule has 1 nitrogen and oxygen atoms in total. The molecule has 2 aromatic heterocycles. The van der Waals surface area contributed by atoms with Gasteiger partial charge >= 0.3 is 0 Å². The van der Waals surface area contributed by atoms with Crippen LogP contribution in [0.15, 0.2) is 24.3 Å². The number of nitrogens with zero attached hydrogens (tertiary/aromatic N) is 1. The number of aromatic nitrogens is 1. The van der Waals surface area contributed by atoms with Crippen LogP contribution >= 0.6 is 11.3 Å². The molecule has 0 saturated heterocycles. The molecule has 1 aromatic carbocycles. The third kappa shape index (κ3) is 2.54. The second-order valence-corrected chi connectivity index (χ2v) is 9.10. The summed E-state index contributed by atoms with van der Waals surface area (Å²) in [5.74, 6) is 0.769. The smallest absolute Gasteiger partial charge is 0.124 e. The van der Waals surface area contributed by atoms with Crippen LogP contribution < -0.4 is 0 Å². The van der Waals surface area contributed by atoms with Gasteiger partial charge in [-0.2, -0.15) is 0 Å². The molecule has 0 aliphatic heterocycles. The van der Waals surface area contributed by atoms with Gasteiger partial charge < -0.3 is 0 Å². The first-order valence-electron chi connectivity index (χ1n) is 9.73. The number of fused-ring (bicyclic) bond motifs is 4. The standard InChI is InChI=1S/C23H25NS/c1-14-7-10-16(11-8-14)21-18-13-15(2)9-12-19(18)24-23-22(21)17-5-3-4-6-20(17)25-23/h7-8,10-11,15H,3-6,9,12-13H2,1-2H3. The van der Waals surface area contributed by atoms with E-state index in [-0.39, 0.29) is 0 Å². The first-order chi connectivity index (χ1) is 12.2. The van der Waals surface area contributed by atoms with E-state index in [9.17, 15) is 0 Å². The lowest BCUT2D eigenvalue weighted by atomic mass is 9.81. The lowest BCUT2D eigenvalue weighted by Crippen LogP contribution is -2.14. The predicted molar refractivity (Wildman–Crippen MR) is 108 cm³/mol. The summed E-state index contributed by atoms with van der Waals surface area (Å²) in [7, 11) is 0. The third-order valence-corrected chi connectivity index (χ3v) is 7.24. The SMILES string of the molecule is Cc1ccc(-c2c3c(nc4sc5c(c24)CCCC5)CCC(C)C3)cc1. The topological polar surface area (TPSA) is 12.9 Å². The molecule has 0 spiro atoms. The van der Waals surface area contributed by atoms with E-state index in [1.54, 1.807) is 16.0 Å². The molecule has 0 saturated carbocycles. The summed E-state index contributed by atoms with van der Waals surface area (Å²) < 4.78 is 0. The van der Waals surface area contributed by atoms with Gasteiger partial charge in [0.25, 0.3) is 0 Å². The molecule has 1 unspecified atom stereocenters. The largest absolute Gasteiger partial charge is 0.242 e. The molecule has 2 aliphatic carbocycles. The monoisotopic (exact) mass is 347 g/mol. The number of pyridine rings is 1. The molecule has 0 amide bonds. The van der Waals surface area contributed by atoms with Crippen LogP contribution in [0, 0.1) is 12.8 Å². The number of rotatable bonds is 1. The number of hydrogen-bond donors (Lipinski definition) is 0. The van der Waals surface area contributed by atoms with Crippen LogP contribution in [0.2, 0.25) is 0 Å². The van der Waals surface area contributed by atoms with Crippen molar-refractivity contribution in [1.82, 2.24) is 4.98 Å². The van der Waals surface area contributed by atoms with E-state index >= 15 is 0 Å². The summed E-state index contributed by atoms with van der Waals surface area (Å²) in [5.41, 5.74) is 8.79. The van der Waals surface area contributed by atoms with Gasteiger partial charge in [-0.3, -0.25) is 0 Å². The quantitative estimate of drug-likeness (QED) is 0.505. The zero-order valence-corrected chi connectivity index (χ0v) is 16.0. The van der Waals surface area contributed by atoms with Crippen molar-refractivity contribution in [1.29, 1.82) is 0 Å². The summed E-state index contributed by atoms with van der Waals surface area (Å²) in [6.07, 6.45) is 8.79. The minimum atomic E-state index is 0.769. The average Bonchev–Trinajstić information content (AvgIpc) is 2.99. The third-order valence-electron chi connectivity index (χ3n) is 6.06. The number of thiophene rings is 1. The maximum Gasteiger partial charge on any atom is 0.124 e. The van der Waals surface area contributed by atoms with E-state index < -0.39 is 0 Å². The fourth-order valence-corrected chi connectivity index (χ4v) is 5.96. The molecular formula is C23H25NS. The van der Waals surface area contributed by atoms with Gasteiger partial charge in [-0.25, -0.2) is 4.98 Å². The molecule has 128 valence electrons. The van der Waals surface area contributed by atoms with E-state index in [0.717, 1.165) is 12.3 Å². The van der Waals surface area contributed by atoms with Crippen LogP contribution in [0.4, 0.5) is 0 Å². The Labute approximate surface area is 154 Å². The molecule has 0 bridgehead atoms. The lowest BCUT2D eigenvalue weighted by Gasteiger charge is -2.25. The second kappa shape index (κ2) is 5.95. The molecule has 5 rings (SSSR count). The summed E-state index contributed by atoms with van der Waals surface area (Å²) in [4.78, 5) is 8.09. The van der Waals surface area contributed by atoms with Crippen molar-refractivity contribution in [3.05, 3.63) is 51.5 Å². The lowest BCUT2D eigenvalue weighted by molar-refractivity contribution is 0.496. The molecule has 3 aromatic rings. The Kier molecular flexibility index (Phi) is 3.71. The van der Waals surface area contributed by atoms with Gasteiger partial charge in [-0.05, 0) is 80.0 Å². The van der Waals surface area contributed by atoms with Crippen molar-refractivity contribution < 1.29 is 0 Å². The minimum Gasteiger partial charge on any atom is -0.242 e. The van der Waals surface area contributed by atoms with Crippen LogP contribution in [-0.2, 0) is 25.7 Å². The number of benzene rings is 1. The fourth-order valence-electron chi connectivity index (χ4n) is 4.67. The van der Waals surface area contributed by atoms with E-state index in [1.807, 2.05) is 11.3 Å². The number of hydrogen-bond acceptors (Lipinski definition) is 2. The average molecular weight is 348 g/mol. The molecule has 1 atom stereocenters. The Hall–Kier alpha value is -1.67. The van der Waals surface area contributed by atoms with Crippen LogP contribution in [-0.4, -0.2) is 4.98 Å². The van der Waals surface area contributed by atoms with E-state index in [1.165, 1.54) is 71.1 Å². The Morgan fingerprint density at radius 1 is 1.00 bits per heavy atom. The highest BCUT2D eigenvalue weighted by atomic mass is 32.1. The summed E-state index contributed by atoms with van der Waals surface area (Å²) >= 11 is 1.97. The van der Waals surface area contributed by atoms with Crippen LogP contribution in [0.25, 0.3) is 21.3 Å². The first-order valence-corrected chi connectivity index (χ1v) is 10.6. The first kappa shape index (κ1) is 15.6. The minimum absolute atomic E-state index is 0.769. The molecule has 2 heteroatoms. The predicted octanol–water partition coefficient (Wildman–Crippen LogP) is 6.28. The van der Waals surface area contributed by atoms with Gasteiger partial charge in [0.05, 0.1) is 0 Å². The molecule has 2 heterocycles. The maximum atomic E-state index is 5.18. The summed E-state index contributed by atoms with van der Waals surface area (Å²) in [6, 6.07) is 9.19. The molecule has 2 aliphatic rings. The Balaban J connectivity index is 1.86. The number of aryl methyl sites for hydroxylation is 4. The highest BCUT2D eigenvalue weighted by Crippen LogP contribution is 2.45. The zero-order valence-electron chi connectivity index (χ0n) is 15.2. The normalized spacial score (nSPS) is 19.7. The molecule has 0 fully saturated rings. The Bertz CT molecular complexity index is 949. The van der Waals surface area contributed by atoms with Crippen molar-refractivity contribution in [3.8, 4) is 11.1 Å². The second-order valence-electron chi connectivity index (χ2n) is 8.02. The fraction of sp³-hybridized carbons (Fsp3) is 0.435. The molecule has 0 N–H and O–H groups in total. The van der Waals surface area contributed by atoms with Crippen molar-refractivity contribution in [2.75, 3.05) is 0 Å². The summed E-state index contributed by atoms with van der Waals surface area (Å²) in [5, 5.41) is 1.50. The van der Waals surface area contributed by atoms with Gasteiger partial charge in [0, 0.05) is 16.0 Å². The van der Waals surface area contributed by atoms with E-state index in [2.05, 4.69) is 38.1 Å². The Morgan fingerprint density at radius 2 is 1.80 bits per heavy atom. The van der Waals surface area contributed by atoms with Crippen molar-refractivity contribution >= 4 is 21.6 Å². The summed E-state index contributed by atoms with van der Waals surface area (Å²) in [6.45, 7) is 4.57. The van der Waals surface area contributed by atoms with Crippen LogP contribution in [0.5, 0.6) is 0 Å². The molecule has 25 heavy (non-hydrogen) atoms. The van der Waals surface area contributed by atoms with E-state index in [4.69, 9.17) is 4.98 Å². The van der Waals surface area contributed by atoms with E-state index in [0.29, 0.717) is 0 Å². The molecular weight excluding hydrogens is 322 g/mol. The van der Waals surface area contributed by atoms with Gasteiger partial charge in [0.15, 0.2) is 0 Å². The maximum absolute atomic E-state index is 5.18. The van der Waals surface area contributed by atoms with Crippen LogP contribution in [0.1, 0.15) is 53.4 Å². The van der Waals surface area contributed by atoms with Gasteiger partial charge in [0.1, 0.15) is 4.83 Å². The van der Waals surface area contributed by atoms with Crippen molar-refractivity contribution in [2.45, 2.75) is 58.8 Å². The molecule has 0 radical (unpaired) electrons. The van der Waals surface area contributed by atoms with Crippen molar-refractivity contribution in [3.63, 3.8) is 0 Å². The zero-order chi connectivity index (χ0) is 17.0. The van der Waals surface area contributed by atoms with Gasteiger partial charge in [0.2, 0.25) is 0 Å². The van der Waals surface area contributed by atoms with Crippen molar-refractivity contribution in [2.24, 2.45) is 5.92 Å². The Morgan fingerprint density at radius 3 is 2.64 bits per heavy atom. The highest BCUT2D eigenvalue weighted by Gasteiger charge is 2.27. The van der Waals surface area contributed by atoms with Gasteiger partial charge in [-0.1, -0.05) is 36.8 Å². The van der Waals surface area contributed by atoms with Crippen LogP contribution in [0.3, 0.4) is 0 Å². The highest BCUT2D eigenvalue weighted by molar-refractivity contribution is 7.19. The van der Waals surface area contributed by atoms with Gasteiger partial charge in [-0.15, -0.1) is 11.3 Å².